The Morgan fingerprint density at radius 1 is 1.27 bits per heavy atom. The maximum absolute atomic E-state index is 12.9. The summed E-state index contributed by atoms with van der Waals surface area (Å²) >= 11 is 0. The summed E-state index contributed by atoms with van der Waals surface area (Å²) in [5.41, 5.74) is 1.05. The third-order valence-electron chi connectivity index (χ3n) is 3.07. The van der Waals surface area contributed by atoms with E-state index in [1.807, 2.05) is 0 Å². The molecule has 0 aliphatic heterocycles. The molecule has 1 aromatic heterocycles. The van der Waals surface area contributed by atoms with Crippen LogP contribution in [0.5, 0.6) is 0 Å². The number of pyridine rings is 1. The minimum Gasteiger partial charge on any atom is -0.467 e. The molecule has 2 aromatic rings. The Morgan fingerprint density at radius 2 is 2.00 bits per heavy atom. The monoisotopic (exact) mass is 302 g/mol. The van der Waals surface area contributed by atoms with Crippen LogP contribution in [0.2, 0.25) is 0 Å². The second-order valence-electron chi connectivity index (χ2n) is 4.62. The first-order chi connectivity index (χ1) is 10.6. The molecule has 0 aliphatic carbocycles. The minimum absolute atomic E-state index is 0.207. The standard InChI is InChI=1S/C16H15FN2O3/c1-22-16(21)14(9-11-4-6-13(17)7-5-11)19-15(20)12-3-2-8-18-10-12/h2-8,10,14H,9H2,1H3,(H,19,20)/t14-/m1/s1. The van der Waals surface area contributed by atoms with Gasteiger partial charge < -0.3 is 10.1 Å². The van der Waals surface area contributed by atoms with Gasteiger partial charge in [0.2, 0.25) is 0 Å². The first-order valence-electron chi connectivity index (χ1n) is 6.63. The van der Waals surface area contributed by atoms with Gasteiger partial charge in [0.05, 0.1) is 12.7 Å². The van der Waals surface area contributed by atoms with E-state index in [0.717, 1.165) is 0 Å². The van der Waals surface area contributed by atoms with E-state index in [0.29, 0.717) is 11.1 Å². The number of hydrogen-bond acceptors (Lipinski definition) is 4. The maximum atomic E-state index is 12.9. The maximum Gasteiger partial charge on any atom is 0.328 e. The number of aromatic nitrogens is 1. The highest BCUT2D eigenvalue weighted by Gasteiger charge is 2.22. The van der Waals surface area contributed by atoms with Crippen molar-refractivity contribution in [3.05, 3.63) is 65.7 Å². The van der Waals surface area contributed by atoms with Crippen LogP contribution < -0.4 is 5.32 Å². The van der Waals surface area contributed by atoms with E-state index in [4.69, 9.17) is 4.74 Å². The molecule has 0 fully saturated rings. The van der Waals surface area contributed by atoms with E-state index in [1.165, 1.54) is 25.4 Å². The normalized spacial score (nSPS) is 11.5. The number of carbonyl (C=O) groups is 2. The Hall–Kier alpha value is -2.76. The molecular weight excluding hydrogens is 287 g/mol. The van der Waals surface area contributed by atoms with Crippen LogP contribution in [0.1, 0.15) is 15.9 Å². The number of ether oxygens (including phenoxy) is 1. The fourth-order valence-electron chi connectivity index (χ4n) is 1.93. The summed E-state index contributed by atoms with van der Waals surface area (Å²) in [5.74, 6) is -1.36. The fourth-order valence-corrected chi connectivity index (χ4v) is 1.93. The second-order valence-corrected chi connectivity index (χ2v) is 4.62. The molecule has 1 aromatic carbocycles. The molecule has 6 heteroatoms. The van der Waals surface area contributed by atoms with Gasteiger partial charge in [-0.25, -0.2) is 9.18 Å². The van der Waals surface area contributed by atoms with Crippen LogP contribution in [-0.4, -0.2) is 30.0 Å². The van der Waals surface area contributed by atoms with Gasteiger partial charge in [0.15, 0.2) is 0 Å². The average Bonchev–Trinajstić information content (AvgIpc) is 2.56. The zero-order chi connectivity index (χ0) is 15.9. The van der Waals surface area contributed by atoms with E-state index in [2.05, 4.69) is 10.3 Å². The molecule has 1 heterocycles. The predicted octanol–water partition coefficient (Wildman–Crippen LogP) is 1.73. The number of rotatable bonds is 5. The molecule has 2 rings (SSSR count). The van der Waals surface area contributed by atoms with Crippen molar-refractivity contribution in [3.8, 4) is 0 Å². The van der Waals surface area contributed by atoms with Gasteiger partial charge in [0.1, 0.15) is 11.9 Å². The molecule has 0 bridgehead atoms. The third-order valence-corrected chi connectivity index (χ3v) is 3.07. The van der Waals surface area contributed by atoms with Crippen LogP contribution >= 0.6 is 0 Å². The van der Waals surface area contributed by atoms with Crippen LogP contribution in [0.4, 0.5) is 4.39 Å². The fraction of sp³-hybridized carbons (Fsp3) is 0.188. The molecule has 1 atom stereocenters. The Kier molecular flexibility index (Phi) is 5.19. The molecule has 0 saturated carbocycles. The summed E-state index contributed by atoms with van der Waals surface area (Å²) in [4.78, 5) is 27.8. The summed E-state index contributed by atoms with van der Waals surface area (Å²) in [7, 11) is 1.25. The van der Waals surface area contributed by atoms with Crippen molar-refractivity contribution in [3.63, 3.8) is 0 Å². The Balaban J connectivity index is 2.11. The highest BCUT2D eigenvalue weighted by Crippen LogP contribution is 2.08. The highest BCUT2D eigenvalue weighted by atomic mass is 19.1. The van der Waals surface area contributed by atoms with E-state index in [-0.39, 0.29) is 12.2 Å². The summed E-state index contributed by atoms with van der Waals surface area (Å²) in [6, 6.07) is 8.07. The van der Waals surface area contributed by atoms with Gasteiger partial charge in [-0.15, -0.1) is 0 Å². The number of nitrogens with one attached hydrogen (secondary N) is 1. The molecule has 114 valence electrons. The summed E-state index contributed by atoms with van der Waals surface area (Å²) in [5, 5.41) is 2.60. The SMILES string of the molecule is COC(=O)[C@@H](Cc1ccc(F)cc1)NC(=O)c1cccnc1. The number of nitrogens with zero attached hydrogens (tertiary/aromatic N) is 1. The van der Waals surface area contributed by atoms with Gasteiger partial charge in [0.25, 0.3) is 5.91 Å². The molecule has 1 N–H and O–H groups in total. The molecule has 5 nitrogen and oxygen atoms in total. The number of methoxy groups -OCH3 is 1. The molecule has 0 unspecified atom stereocenters. The Morgan fingerprint density at radius 3 is 2.59 bits per heavy atom. The molecular formula is C16H15FN2O3. The lowest BCUT2D eigenvalue weighted by atomic mass is 10.1. The Bertz CT molecular complexity index is 644. The quantitative estimate of drug-likeness (QED) is 0.854. The lowest BCUT2D eigenvalue weighted by Crippen LogP contribution is -2.43. The van der Waals surface area contributed by atoms with Crippen molar-refractivity contribution in [1.82, 2.24) is 10.3 Å². The molecule has 0 radical (unpaired) electrons. The second kappa shape index (κ2) is 7.31. The van der Waals surface area contributed by atoms with Crippen LogP contribution in [0.15, 0.2) is 48.8 Å². The smallest absolute Gasteiger partial charge is 0.328 e. The van der Waals surface area contributed by atoms with Crippen LogP contribution in [0.3, 0.4) is 0 Å². The molecule has 22 heavy (non-hydrogen) atoms. The summed E-state index contributed by atoms with van der Waals surface area (Å²) < 4.78 is 17.6. The number of carbonyl (C=O) groups excluding carboxylic acids is 2. The van der Waals surface area contributed by atoms with Crippen LogP contribution in [0, 0.1) is 5.82 Å². The number of benzene rings is 1. The number of esters is 1. The van der Waals surface area contributed by atoms with Crippen LogP contribution in [0.25, 0.3) is 0 Å². The van der Waals surface area contributed by atoms with Crippen molar-refractivity contribution in [1.29, 1.82) is 0 Å². The highest BCUT2D eigenvalue weighted by molar-refractivity contribution is 5.96. The van der Waals surface area contributed by atoms with Crippen molar-refractivity contribution in [2.75, 3.05) is 7.11 Å². The van der Waals surface area contributed by atoms with Crippen LogP contribution in [-0.2, 0) is 16.0 Å². The molecule has 0 spiro atoms. The van der Waals surface area contributed by atoms with Gasteiger partial charge in [-0.1, -0.05) is 12.1 Å². The van der Waals surface area contributed by atoms with E-state index < -0.39 is 17.9 Å². The minimum atomic E-state index is -0.858. The van der Waals surface area contributed by atoms with Crippen molar-refractivity contribution >= 4 is 11.9 Å². The summed E-state index contributed by atoms with van der Waals surface area (Å²) in [6.45, 7) is 0. The number of halogens is 1. The van der Waals surface area contributed by atoms with Gasteiger partial charge in [0, 0.05) is 18.8 Å². The van der Waals surface area contributed by atoms with Gasteiger partial charge in [-0.05, 0) is 29.8 Å². The predicted molar refractivity (Wildman–Crippen MR) is 77.6 cm³/mol. The lowest BCUT2D eigenvalue weighted by molar-refractivity contribution is -0.142. The number of amides is 1. The molecule has 0 saturated heterocycles. The Labute approximate surface area is 127 Å². The van der Waals surface area contributed by atoms with Gasteiger partial charge in [-0.2, -0.15) is 0 Å². The van der Waals surface area contributed by atoms with E-state index in [1.54, 1.807) is 30.5 Å². The van der Waals surface area contributed by atoms with E-state index >= 15 is 0 Å². The first-order valence-corrected chi connectivity index (χ1v) is 6.63. The molecule has 0 aliphatic rings. The van der Waals surface area contributed by atoms with Crippen molar-refractivity contribution < 1.29 is 18.7 Å². The van der Waals surface area contributed by atoms with Crippen molar-refractivity contribution in [2.45, 2.75) is 12.5 Å². The van der Waals surface area contributed by atoms with E-state index in [9.17, 15) is 14.0 Å². The molecule has 1 amide bonds. The van der Waals surface area contributed by atoms with Crippen molar-refractivity contribution in [2.24, 2.45) is 0 Å². The lowest BCUT2D eigenvalue weighted by Gasteiger charge is -2.16. The van der Waals surface area contributed by atoms with Gasteiger partial charge >= 0.3 is 5.97 Å². The zero-order valence-electron chi connectivity index (χ0n) is 12.0. The topological polar surface area (TPSA) is 68.3 Å². The number of hydrogen-bond donors (Lipinski definition) is 1. The summed E-state index contributed by atoms with van der Waals surface area (Å²) in [6.07, 6.45) is 3.16. The van der Waals surface area contributed by atoms with Gasteiger partial charge in [-0.3, -0.25) is 9.78 Å². The zero-order valence-corrected chi connectivity index (χ0v) is 12.0. The average molecular weight is 302 g/mol. The largest absolute Gasteiger partial charge is 0.467 e. The third kappa shape index (κ3) is 4.12. The first kappa shape index (κ1) is 15.6.